The van der Waals surface area contributed by atoms with Crippen LogP contribution in [-0.2, 0) is 9.53 Å². The van der Waals surface area contributed by atoms with E-state index in [1.807, 2.05) is 6.92 Å². The maximum Gasteiger partial charge on any atom is 0.225 e. The minimum atomic E-state index is 0.119. The Morgan fingerprint density at radius 2 is 2.36 bits per heavy atom. The molecule has 3 unspecified atom stereocenters. The summed E-state index contributed by atoms with van der Waals surface area (Å²) in [6, 6.07) is 0.375. The lowest BCUT2D eigenvalue weighted by molar-refractivity contribution is -0.131. The number of nitrogens with one attached hydrogen (secondary N) is 2. The molecule has 0 radical (unpaired) electrons. The van der Waals surface area contributed by atoms with E-state index in [4.69, 9.17) is 4.74 Å². The van der Waals surface area contributed by atoms with Crippen LogP contribution < -0.4 is 10.6 Å². The second kappa shape index (κ2) is 4.28. The van der Waals surface area contributed by atoms with Crippen LogP contribution >= 0.6 is 0 Å². The Morgan fingerprint density at radius 3 is 3.14 bits per heavy atom. The molecule has 0 aromatic carbocycles. The van der Waals surface area contributed by atoms with Crippen molar-refractivity contribution in [2.24, 2.45) is 5.92 Å². The zero-order valence-corrected chi connectivity index (χ0v) is 8.58. The van der Waals surface area contributed by atoms with Crippen LogP contribution in [0.4, 0.5) is 0 Å². The van der Waals surface area contributed by atoms with Crippen molar-refractivity contribution in [3.05, 3.63) is 0 Å². The lowest BCUT2D eigenvalue weighted by atomic mass is 9.81. The summed E-state index contributed by atoms with van der Waals surface area (Å²) in [4.78, 5) is 11.6. The molecule has 1 aliphatic heterocycles. The van der Waals surface area contributed by atoms with E-state index in [0.29, 0.717) is 12.7 Å². The zero-order chi connectivity index (χ0) is 9.97. The van der Waals surface area contributed by atoms with Gasteiger partial charge in [-0.15, -0.1) is 0 Å². The Bertz CT molecular complexity index is 220. The van der Waals surface area contributed by atoms with Gasteiger partial charge in [-0.05, 0) is 26.2 Å². The summed E-state index contributed by atoms with van der Waals surface area (Å²) in [5.74, 6) is 0.312. The van der Waals surface area contributed by atoms with Gasteiger partial charge in [0, 0.05) is 12.6 Å². The van der Waals surface area contributed by atoms with Gasteiger partial charge in [0.05, 0.1) is 18.7 Å². The molecule has 2 fully saturated rings. The van der Waals surface area contributed by atoms with Crippen LogP contribution in [-0.4, -0.2) is 31.3 Å². The van der Waals surface area contributed by atoms with Crippen molar-refractivity contribution in [3.8, 4) is 0 Å². The summed E-state index contributed by atoms with van der Waals surface area (Å²) in [6.45, 7) is 3.38. The monoisotopic (exact) mass is 198 g/mol. The molecule has 0 aromatic rings. The summed E-state index contributed by atoms with van der Waals surface area (Å²) in [7, 11) is 0. The van der Waals surface area contributed by atoms with E-state index in [1.54, 1.807) is 0 Å². The highest BCUT2D eigenvalue weighted by Crippen LogP contribution is 2.28. The quantitative estimate of drug-likeness (QED) is 0.668. The van der Waals surface area contributed by atoms with Gasteiger partial charge in [0.2, 0.25) is 5.91 Å². The molecule has 2 aliphatic rings. The summed E-state index contributed by atoms with van der Waals surface area (Å²) in [6.07, 6.45) is 3.29. The maximum absolute atomic E-state index is 11.6. The Morgan fingerprint density at radius 1 is 1.50 bits per heavy atom. The molecule has 80 valence electrons. The smallest absolute Gasteiger partial charge is 0.225 e. The number of ether oxygens (including phenoxy) is 1. The highest BCUT2D eigenvalue weighted by Gasteiger charge is 2.37. The number of amides is 1. The van der Waals surface area contributed by atoms with Crippen LogP contribution in [0.5, 0.6) is 0 Å². The average Bonchev–Trinajstić information content (AvgIpc) is 2.20. The number of carbonyl (C=O) groups is 1. The highest BCUT2D eigenvalue weighted by molar-refractivity contribution is 5.80. The molecule has 4 heteroatoms. The first-order chi connectivity index (χ1) is 6.81. The van der Waals surface area contributed by atoms with Crippen LogP contribution in [0.2, 0.25) is 0 Å². The summed E-state index contributed by atoms with van der Waals surface area (Å²) in [5.41, 5.74) is 0. The van der Waals surface area contributed by atoms with Gasteiger partial charge in [-0.3, -0.25) is 10.1 Å². The normalized spacial score (nSPS) is 37.5. The Hall–Kier alpha value is -0.610. The molecule has 0 spiro atoms. The Balaban J connectivity index is 1.95. The fourth-order valence-electron chi connectivity index (χ4n) is 2.45. The van der Waals surface area contributed by atoms with Crippen LogP contribution in [0.25, 0.3) is 0 Å². The SMILES string of the molecule is CCOC1CCC2NCNC(=O)C2C1. The largest absolute Gasteiger partial charge is 0.378 e. The van der Waals surface area contributed by atoms with E-state index in [0.717, 1.165) is 25.9 Å². The first-order valence-corrected chi connectivity index (χ1v) is 5.44. The minimum Gasteiger partial charge on any atom is -0.378 e. The molecule has 0 bridgehead atoms. The van der Waals surface area contributed by atoms with E-state index in [9.17, 15) is 4.79 Å². The van der Waals surface area contributed by atoms with E-state index >= 15 is 0 Å². The number of rotatable bonds is 2. The van der Waals surface area contributed by atoms with Gasteiger partial charge in [-0.1, -0.05) is 0 Å². The zero-order valence-electron chi connectivity index (χ0n) is 8.58. The van der Waals surface area contributed by atoms with Crippen molar-refractivity contribution in [2.45, 2.75) is 38.3 Å². The van der Waals surface area contributed by atoms with E-state index < -0.39 is 0 Å². The van der Waals surface area contributed by atoms with Crippen molar-refractivity contribution in [3.63, 3.8) is 0 Å². The fourth-order valence-corrected chi connectivity index (χ4v) is 2.45. The highest BCUT2D eigenvalue weighted by atomic mass is 16.5. The predicted molar refractivity (Wildman–Crippen MR) is 52.7 cm³/mol. The molecule has 1 aliphatic carbocycles. The molecule has 0 aromatic heterocycles. The predicted octanol–water partition coefficient (Wildman–Crippen LogP) is 0.237. The van der Waals surface area contributed by atoms with Gasteiger partial charge in [0.25, 0.3) is 0 Å². The van der Waals surface area contributed by atoms with Crippen molar-refractivity contribution in [1.29, 1.82) is 0 Å². The summed E-state index contributed by atoms with van der Waals surface area (Å²) in [5, 5.41) is 6.16. The molecule has 1 heterocycles. The van der Waals surface area contributed by atoms with Crippen molar-refractivity contribution in [2.75, 3.05) is 13.3 Å². The van der Waals surface area contributed by atoms with Gasteiger partial charge >= 0.3 is 0 Å². The number of carbonyl (C=O) groups excluding carboxylic acids is 1. The second-order valence-corrected chi connectivity index (χ2v) is 4.03. The molecule has 4 nitrogen and oxygen atoms in total. The number of hydrogen-bond acceptors (Lipinski definition) is 3. The molecule has 1 saturated heterocycles. The van der Waals surface area contributed by atoms with E-state index in [-0.39, 0.29) is 17.9 Å². The molecule has 14 heavy (non-hydrogen) atoms. The fraction of sp³-hybridized carbons (Fsp3) is 0.900. The first kappa shape index (κ1) is 9.93. The molecular weight excluding hydrogens is 180 g/mol. The summed E-state index contributed by atoms with van der Waals surface area (Å²) >= 11 is 0. The lowest BCUT2D eigenvalue weighted by Crippen LogP contribution is -2.57. The van der Waals surface area contributed by atoms with E-state index in [2.05, 4.69) is 10.6 Å². The molecule has 3 atom stereocenters. The molecular formula is C10H18N2O2. The summed E-state index contributed by atoms with van der Waals surface area (Å²) < 4.78 is 5.57. The average molecular weight is 198 g/mol. The lowest BCUT2D eigenvalue weighted by Gasteiger charge is -2.38. The Labute approximate surface area is 84.4 Å². The van der Waals surface area contributed by atoms with Gasteiger partial charge in [-0.2, -0.15) is 0 Å². The van der Waals surface area contributed by atoms with Gasteiger partial charge < -0.3 is 10.1 Å². The maximum atomic E-state index is 11.6. The molecule has 1 amide bonds. The van der Waals surface area contributed by atoms with Crippen LogP contribution in [0.3, 0.4) is 0 Å². The topological polar surface area (TPSA) is 50.4 Å². The van der Waals surface area contributed by atoms with Crippen LogP contribution in [0.1, 0.15) is 26.2 Å². The molecule has 2 rings (SSSR count). The number of fused-ring (bicyclic) bond motifs is 1. The van der Waals surface area contributed by atoms with Gasteiger partial charge in [0.1, 0.15) is 0 Å². The third-order valence-electron chi connectivity index (χ3n) is 3.17. The minimum absolute atomic E-state index is 0.119. The third kappa shape index (κ3) is 1.91. The van der Waals surface area contributed by atoms with Crippen molar-refractivity contribution >= 4 is 5.91 Å². The van der Waals surface area contributed by atoms with Crippen LogP contribution in [0.15, 0.2) is 0 Å². The third-order valence-corrected chi connectivity index (χ3v) is 3.17. The molecule has 1 saturated carbocycles. The Kier molecular flexibility index (Phi) is 3.03. The van der Waals surface area contributed by atoms with Crippen LogP contribution in [0, 0.1) is 5.92 Å². The molecule has 2 N–H and O–H groups in total. The number of hydrogen-bond donors (Lipinski definition) is 2. The van der Waals surface area contributed by atoms with E-state index in [1.165, 1.54) is 0 Å². The van der Waals surface area contributed by atoms with Gasteiger partial charge in [0.15, 0.2) is 0 Å². The van der Waals surface area contributed by atoms with Crippen molar-refractivity contribution < 1.29 is 9.53 Å². The standard InChI is InChI=1S/C10H18N2O2/c1-2-14-7-3-4-9-8(5-7)10(13)12-6-11-9/h7-9,11H,2-6H2,1H3,(H,12,13). The van der Waals surface area contributed by atoms with Gasteiger partial charge in [-0.25, -0.2) is 0 Å². The van der Waals surface area contributed by atoms with Crippen molar-refractivity contribution in [1.82, 2.24) is 10.6 Å². The second-order valence-electron chi connectivity index (χ2n) is 4.03. The first-order valence-electron chi connectivity index (χ1n) is 5.44.